The van der Waals surface area contributed by atoms with Gasteiger partial charge in [0.25, 0.3) is 0 Å². The Balaban J connectivity index is 1.62. The van der Waals surface area contributed by atoms with Crippen LogP contribution in [0.25, 0.3) is 22.2 Å². The molecule has 2 N–H and O–H groups in total. The zero-order valence-corrected chi connectivity index (χ0v) is 14.0. The van der Waals surface area contributed by atoms with E-state index in [1.807, 2.05) is 43.3 Å². The summed E-state index contributed by atoms with van der Waals surface area (Å²) in [7, 11) is 0. The monoisotopic (exact) mass is 330 g/mol. The second-order valence-corrected chi connectivity index (χ2v) is 6.24. The summed E-state index contributed by atoms with van der Waals surface area (Å²) in [5.41, 5.74) is 4.98. The van der Waals surface area contributed by atoms with Crippen LogP contribution in [0.5, 0.6) is 0 Å². The van der Waals surface area contributed by atoms with Crippen LogP contribution in [0.1, 0.15) is 18.5 Å². The number of benzene rings is 3. The van der Waals surface area contributed by atoms with Gasteiger partial charge in [0.05, 0.1) is 6.04 Å². The van der Waals surface area contributed by atoms with E-state index in [0.29, 0.717) is 5.56 Å². The first-order valence-corrected chi connectivity index (χ1v) is 8.40. The topological polar surface area (TPSA) is 27.8 Å². The van der Waals surface area contributed by atoms with Gasteiger partial charge in [-0.3, -0.25) is 0 Å². The van der Waals surface area contributed by atoms with Crippen LogP contribution in [-0.2, 0) is 0 Å². The first kappa shape index (κ1) is 15.5. The minimum absolute atomic E-state index is 0.105. The number of aromatic nitrogens is 1. The molecule has 0 fully saturated rings. The van der Waals surface area contributed by atoms with Crippen LogP contribution in [0.2, 0.25) is 0 Å². The number of aromatic amines is 1. The van der Waals surface area contributed by atoms with Gasteiger partial charge in [-0.05, 0) is 42.8 Å². The number of hydrogen-bond donors (Lipinski definition) is 2. The molecule has 0 radical (unpaired) electrons. The fraction of sp³-hybridized carbons (Fsp3) is 0.0909. The Labute approximate surface area is 146 Å². The fourth-order valence-electron chi connectivity index (χ4n) is 3.15. The van der Waals surface area contributed by atoms with Crippen molar-refractivity contribution in [2.75, 3.05) is 5.32 Å². The van der Waals surface area contributed by atoms with Crippen LogP contribution >= 0.6 is 0 Å². The molecule has 3 aromatic carbocycles. The minimum atomic E-state index is -0.184. The number of fused-ring (bicyclic) bond motifs is 1. The van der Waals surface area contributed by atoms with Crippen LogP contribution < -0.4 is 5.32 Å². The Kier molecular flexibility index (Phi) is 3.98. The summed E-state index contributed by atoms with van der Waals surface area (Å²) in [6, 6.07) is 25.3. The van der Waals surface area contributed by atoms with Gasteiger partial charge < -0.3 is 10.3 Å². The van der Waals surface area contributed by atoms with E-state index in [4.69, 9.17) is 0 Å². The molecule has 0 aliphatic heterocycles. The molecule has 1 atom stereocenters. The molecule has 25 heavy (non-hydrogen) atoms. The molecule has 0 saturated carbocycles. The third kappa shape index (κ3) is 3.13. The van der Waals surface area contributed by atoms with Crippen molar-refractivity contribution in [3.8, 4) is 11.3 Å². The number of nitrogens with one attached hydrogen (secondary N) is 2. The van der Waals surface area contributed by atoms with Gasteiger partial charge in [-0.25, -0.2) is 4.39 Å². The normalized spacial score (nSPS) is 12.2. The average molecular weight is 330 g/mol. The van der Waals surface area contributed by atoms with Crippen molar-refractivity contribution in [1.82, 2.24) is 4.98 Å². The van der Waals surface area contributed by atoms with Crippen molar-refractivity contribution in [2.45, 2.75) is 13.0 Å². The molecule has 1 unspecified atom stereocenters. The summed E-state index contributed by atoms with van der Waals surface area (Å²) < 4.78 is 13.9. The lowest BCUT2D eigenvalue weighted by Crippen LogP contribution is -2.08. The summed E-state index contributed by atoms with van der Waals surface area (Å²) in [5, 5.41) is 4.52. The predicted octanol–water partition coefficient (Wildman–Crippen LogP) is 6.15. The van der Waals surface area contributed by atoms with Crippen molar-refractivity contribution in [2.24, 2.45) is 0 Å². The molecule has 4 aromatic rings. The van der Waals surface area contributed by atoms with Crippen molar-refractivity contribution in [3.05, 3.63) is 90.2 Å². The summed E-state index contributed by atoms with van der Waals surface area (Å²) in [6.45, 7) is 1.97. The standard InChI is InChI=1S/C22H19FN2/c1-15(19-9-5-6-10-20(19)23)24-18-11-12-21-17(13-18)14-22(25-21)16-7-3-2-4-8-16/h2-15,24-25H,1H3. The molecule has 0 bridgehead atoms. The highest BCUT2D eigenvalue weighted by Gasteiger charge is 2.11. The van der Waals surface area contributed by atoms with E-state index in [0.717, 1.165) is 27.8 Å². The molecule has 4 rings (SSSR count). The summed E-state index contributed by atoms with van der Waals surface area (Å²) in [4.78, 5) is 3.45. The Bertz CT molecular complexity index is 1000. The minimum Gasteiger partial charge on any atom is -0.378 e. The van der Waals surface area contributed by atoms with Gasteiger partial charge in [0.15, 0.2) is 0 Å². The molecule has 0 spiro atoms. The van der Waals surface area contributed by atoms with Crippen molar-refractivity contribution in [3.63, 3.8) is 0 Å². The van der Waals surface area contributed by atoms with Crippen molar-refractivity contribution in [1.29, 1.82) is 0 Å². The molecule has 1 heterocycles. The molecule has 0 aliphatic rings. The van der Waals surface area contributed by atoms with Gasteiger partial charge in [-0.1, -0.05) is 48.5 Å². The number of H-pyrrole nitrogens is 1. The molecule has 0 saturated heterocycles. The molecule has 3 heteroatoms. The van der Waals surface area contributed by atoms with Gasteiger partial charge >= 0.3 is 0 Å². The van der Waals surface area contributed by atoms with Gasteiger partial charge in [-0.2, -0.15) is 0 Å². The van der Waals surface area contributed by atoms with Crippen LogP contribution in [-0.4, -0.2) is 4.98 Å². The number of halogens is 1. The van der Waals surface area contributed by atoms with Crippen LogP contribution in [0.3, 0.4) is 0 Å². The van der Waals surface area contributed by atoms with E-state index in [2.05, 4.69) is 40.6 Å². The quantitative estimate of drug-likeness (QED) is 0.461. The number of rotatable bonds is 4. The maximum atomic E-state index is 13.9. The van der Waals surface area contributed by atoms with Crippen molar-refractivity contribution < 1.29 is 4.39 Å². The summed E-state index contributed by atoms with van der Waals surface area (Å²) >= 11 is 0. The zero-order valence-electron chi connectivity index (χ0n) is 14.0. The van der Waals surface area contributed by atoms with E-state index in [1.54, 1.807) is 6.07 Å². The highest BCUT2D eigenvalue weighted by atomic mass is 19.1. The van der Waals surface area contributed by atoms with Crippen LogP contribution in [0.4, 0.5) is 10.1 Å². The van der Waals surface area contributed by atoms with Crippen LogP contribution in [0, 0.1) is 5.82 Å². The van der Waals surface area contributed by atoms with Crippen molar-refractivity contribution >= 4 is 16.6 Å². The maximum Gasteiger partial charge on any atom is 0.128 e. The van der Waals surface area contributed by atoms with Gasteiger partial charge in [0, 0.05) is 27.8 Å². The zero-order chi connectivity index (χ0) is 17.2. The Morgan fingerprint density at radius 1 is 0.880 bits per heavy atom. The molecular weight excluding hydrogens is 311 g/mol. The van der Waals surface area contributed by atoms with Gasteiger partial charge in [-0.15, -0.1) is 0 Å². The lowest BCUT2D eigenvalue weighted by molar-refractivity contribution is 0.600. The Morgan fingerprint density at radius 2 is 1.64 bits per heavy atom. The first-order chi connectivity index (χ1) is 12.2. The average Bonchev–Trinajstić information content (AvgIpc) is 3.06. The molecule has 0 amide bonds. The maximum absolute atomic E-state index is 13.9. The highest BCUT2D eigenvalue weighted by molar-refractivity contribution is 5.88. The Morgan fingerprint density at radius 3 is 2.44 bits per heavy atom. The third-order valence-corrected chi connectivity index (χ3v) is 4.46. The molecule has 2 nitrogen and oxygen atoms in total. The number of hydrogen-bond acceptors (Lipinski definition) is 1. The third-order valence-electron chi connectivity index (χ3n) is 4.46. The van der Waals surface area contributed by atoms with Gasteiger partial charge in [0.1, 0.15) is 5.82 Å². The second-order valence-electron chi connectivity index (χ2n) is 6.24. The number of anilines is 1. The van der Waals surface area contributed by atoms with E-state index >= 15 is 0 Å². The Hall–Kier alpha value is -3.07. The first-order valence-electron chi connectivity index (χ1n) is 8.40. The van der Waals surface area contributed by atoms with E-state index < -0.39 is 0 Å². The molecule has 0 aliphatic carbocycles. The van der Waals surface area contributed by atoms with Gasteiger partial charge in [0.2, 0.25) is 0 Å². The summed E-state index contributed by atoms with van der Waals surface area (Å²) in [6.07, 6.45) is 0. The largest absolute Gasteiger partial charge is 0.378 e. The highest BCUT2D eigenvalue weighted by Crippen LogP contribution is 2.28. The van der Waals surface area contributed by atoms with E-state index in [-0.39, 0.29) is 11.9 Å². The fourth-order valence-corrected chi connectivity index (χ4v) is 3.15. The molecule has 1 aromatic heterocycles. The second kappa shape index (κ2) is 6.44. The smallest absolute Gasteiger partial charge is 0.128 e. The lowest BCUT2D eigenvalue weighted by atomic mass is 10.1. The van der Waals surface area contributed by atoms with E-state index in [1.165, 1.54) is 6.07 Å². The van der Waals surface area contributed by atoms with E-state index in [9.17, 15) is 4.39 Å². The van der Waals surface area contributed by atoms with Crippen LogP contribution in [0.15, 0.2) is 78.9 Å². The SMILES string of the molecule is CC(Nc1ccc2[nH]c(-c3ccccc3)cc2c1)c1ccccc1F. The summed E-state index contributed by atoms with van der Waals surface area (Å²) in [5.74, 6) is -0.184. The predicted molar refractivity (Wildman–Crippen MR) is 102 cm³/mol. The lowest BCUT2D eigenvalue weighted by Gasteiger charge is -2.16. The molecular formula is C22H19FN2. The molecule has 124 valence electrons.